The topological polar surface area (TPSA) is 49.2 Å². The van der Waals surface area contributed by atoms with Gasteiger partial charge in [0.05, 0.1) is 23.1 Å². The van der Waals surface area contributed by atoms with Crippen LogP contribution in [0.25, 0.3) is 38.8 Å². The Labute approximate surface area is 304 Å². The van der Waals surface area contributed by atoms with E-state index in [0.29, 0.717) is 6.67 Å². The molecule has 0 unspecified atom stereocenters. The lowest BCUT2D eigenvalue weighted by Gasteiger charge is -2.36. The molecule has 0 atom stereocenters. The third-order valence-electron chi connectivity index (χ3n) is 11.3. The number of para-hydroxylation sites is 1. The zero-order valence-electron chi connectivity index (χ0n) is 29.9. The van der Waals surface area contributed by atoms with Crippen LogP contribution in [0.15, 0.2) is 140 Å². The summed E-state index contributed by atoms with van der Waals surface area (Å²) in [5.41, 5.74) is 11.7. The maximum Gasteiger partial charge on any atom is 0.178 e. The number of hydrogen-bond acceptors (Lipinski definition) is 5. The first-order valence-corrected chi connectivity index (χ1v) is 18.1. The molecule has 2 aliphatic heterocycles. The first-order chi connectivity index (χ1) is 25.3. The summed E-state index contributed by atoms with van der Waals surface area (Å²) < 4.78 is 2.41. The van der Waals surface area contributed by atoms with Crippen LogP contribution in [-0.2, 0) is 10.8 Å². The molecule has 254 valence electrons. The van der Waals surface area contributed by atoms with E-state index in [1.54, 1.807) is 12.4 Å². The van der Waals surface area contributed by atoms with Crippen LogP contribution in [0.4, 0.5) is 17.3 Å². The predicted octanol–water partition coefficient (Wildman–Crippen LogP) is 9.75. The normalized spacial score (nSPS) is 15.8. The Morgan fingerprint density at radius 2 is 1.38 bits per heavy atom. The highest BCUT2D eigenvalue weighted by molar-refractivity contribution is 6.10. The average molecular weight is 677 g/mol. The molecule has 7 aromatic rings. The maximum absolute atomic E-state index is 4.85. The van der Waals surface area contributed by atoms with Gasteiger partial charge in [0.1, 0.15) is 5.82 Å². The van der Waals surface area contributed by atoms with Crippen molar-refractivity contribution in [2.24, 2.45) is 0 Å². The van der Waals surface area contributed by atoms with Crippen molar-refractivity contribution in [2.75, 3.05) is 30.1 Å². The summed E-state index contributed by atoms with van der Waals surface area (Å²) in [6, 6.07) is 41.2. The lowest BCUT2D eigenvalue weighted by Crippen LogP contribution is -2.31. The van der Waals surface area contributed by atoms with E-state index in [-0.39, 0.29) is 5.41 Å². The minimum Gasteiger partial charge on any atom is -0.368 e. The summed E-state index contributed by atoms with van der Waals surface area (Å²) in [5, 5.41) is 6.15. The number of fused-ring (bicyclic) bond motifs is 7. The van der Waals surface area contributed by atoms with Crippen LogP contribution in [0.5, 0.6) is 0 Å². The number of dihydropyridines is 1. The highest BCUT2D eigenvalue weighted by Gasteiger charge is 2.47. The molecule has 0 saturated heterocycles. The number of allylic oxidation sites excluding steroid dienone is 2. The monoisotopic (exact) mass is 676 g/mol. The standard InChI is InChI=1S/C46H40N6/c1-45(2,3)31-25-32(27-33(26-31)51-29-50(4)43-44(51)49-24-23-48-43)46(38-16-8-5-13-34(38)35-14-6-9-17-39(35)46)30-20-21-37-36-15-7-10-18-40(36)52(41(37)28-30)42-19-11-12-22-47-42/h5-21,23-28,47H,22,29H2,1-4H3. The largest absolute Gasteiger partial charge is 0.368 e. The molecule has 6 heteroatoms. The van der Waals surface area contributed by atoms with Crippen LogP contribution in [-0.4, -0.2) is 34.8 Å². The van der Waals surface area contributed by atoms with Crippen LogP contribution in [0.3, 0.4) is 0 Å². The van der Waals surface area contributed by atoms with Gasteiger partial charge in [-0.15, -0.1) is 0 Å². The molecule has 2 aromatic heterocycles. The van der Waals surface area contributed by atoms with Gasteiger partial charge in [-0.1, -0.05) is 118 Å². The molecular formula is C46H40N6. The molecule has 0 saturated carbocycles. The van der Waals surface area contributed by atoms with Gasteiger partial charge in [-0.3, -0.25) is 4.57 Å². The molecule has 4 heterocycles. The molecular weight excluding hydrogens is 637 g/mol. The first kappa shape index (κ1) is 30.7. The van der Waals surface area contributed by atoms with E-state index >= 15 is 0 Å². The zero-order chi connectivity index (χ0) is 35.2. The van der Waals surface area contributed by atoms with Gasteiger partial charge in [-0.05, 0) is 74.7 Å². The molecule has 52 heavy (non-hydrogen) atoms. The highest BCUT2D eigenvalue weighted by atomic mass is 15.4. The summed E-state index contributed by atoms with van der Waals surface area (Å²) in [6.07, 6.45) is 10.1. The Bertz CT molecular complexity index is 2590. The van der Waals surface area contributed by atoms with Crippen LogP contribution in [0.1, 0.15) is 48.6 Å². The summed E-state index contributed by atoms with van der Waals surface area (Å²) in [6.45, 7) is 8.41. The van der Waals surface area contributed by atoms with Gasteiger partial charge in [0, 0.05) is 42.4 Å². The van der Waals surface area contributed by atoms with Crippen molar-refractivity contribution in [1.29, 1.82) is 0 Å². The van der Waals surface area contributed by atoms with Gasteiger partial charge in [-0.2, -0.15) is 0 Å². The number of benzene rings is 5. The van der Waals surface area contributed by atoms with Crippen LogP contribution < -0.4 is 15.1 Å². The molecule has 1 N–H and O–H groups in total. The van der Waals surface area contributed by atoms with Crippen LogP contribution in [0.2, 0.25) is 0 Å². The average Bonchev–Trinajstić information content (AvgIpc) is 3.80. The highest BCUT2D eigenvalue weighted by Crippen LogP contribution is 2.57. The third kappa shape index (κ3) is 4.30. The van der Waals surface area contributed by atoms with E-state index < -0.39 is 5.41 Å². The van der Waals surface area contributed by atoms with Gasteiger partial charge >= 0.3 is 0 Å². The van der Waals surface area contributed by atoms with Gasteiger partial charge < -0.3 is 15.1 Å². The Balaban J connectivity index is 1.32. The molecule has 0 spiro atoms. The van der Waals surface area contributed by atoms with Crippen LogP contribution >= 0.6 is 0 Å². The Hall–Kier alpha value is -6.14. The van der Waals surface area contributed by atoms with Crippen molar-refractivity contribution >= 4 is 44.9 Å². The van der Waals surface area contributed by atoms with Gasteiger partial charge in [0.25, 0.3) is 0 Å². The summed E-state index contributed by atoms with van der Waals surface area (Å²) in [4.78, 5) is 14.0. The SMILES string of the molecule is CN1CN(c2cc(C(C)(C)C)cc(C3(c4ccc5c6ccccc6n(C6=CC=CCN6)c5c4)c4ccccc4-c4ccccc43)c2)c2nccnc21. The summed E-state index contributed by atoms with van der Waals surface area (Å²) >= 11 is 0. The second-order valence-corrected chi connectivity index (χ2v) is 15.3. The van der Waals surface area contributed by atoms with Gasteiger partial charge in [0.2, 0.25) is 0 Å². The summed E-state index contributed by atoms with van der Waals surface area (Å²) in [7, 11) is 2.09. The minimum atomic E-state index is -0.593. The van der Waals surface area contributed by atoms with E-state index in [0.717, 1.165) is 29.7 Å². The minimum absolute atomic E-state index is 0.108. The van der Waals surface area contributed by atoms with E-state index in [2.05, 4.69) is 175 Å². The molecule has 3 aliphatic rings. The number of anilines is 3. The second kappa shape index (κ2) is 11.2. The Morgan fingerprint density at radius 3 is 2.12 bits per heavy atom. The number of aromatic nitrogens is 3. The molecule has 1 aliphatic carbocycles. The van der Waals surface area contributed by atoms with Gasteiger partial charge in [0.15, 0.2) is 11.6 Å². The molecule has 10 rings (SSSR count). The molecule has 5 aromatic carbocycles. The van der Waals surface area contributed by atoms with Crippen molar-refractivity contribution in [3.63, 3.8) is 0 Å². The lowest BCUT2D eigenvalue weighted by atomic mass is 9.66. The number of hydrogen-bond donors (Lipinski definition) is 1. The first-order valence-electron chi connectivity index (χ1n) is 18.1. The number of nitrogens with one attached hydrogen (secondary N) is 1. The molecule has 6 nitrogen and oxygen atoms in total. The Kier molecular flexibility index (Phi) is 6.59. The van der Waals surface area contributed by atoms with Crippen molar-refractivity contribution < 1.29 is 0 Å². The fourth-order valence-electron chi connectivity index (χ4n) is 8.84. The van der Waals surface area contributed by atoms with Gasteiger partial charge in [-0.25, -0.2) is 9.97 Å². The third-order valence-corrected chi connectivity index (χ3v) is 11.3. The number of rotatable bonds is 4. The second-order valence-electron chi connectivity index (χ2n) is 15.3. The quantitative estimate of drug-likeness (QED) is 0.201. The molecule has 0 bridgehead atoms. The van der Waals surface area contributed by atoms with Crippen molar-refractivity contribution in [2.45, 2.75) is 31.6 Å². The van der Waals surface area contributed by atoms with E-state index in [1.165, 1.54) is 60.8 Å². The Morgan fingerprint density at radius 1 is 0.692 bits per heavy atom. The molecule has 0 amide bonds. The van der Waals surface area contributed by atoms with Crippen molar-refractivity contribution in [1.82, 2.24) is 19.9 Å². The predicted molar refractivity (Wildman–Crippen MR) is 214 cm³/mol. The number of nitrogens with zero attached hydrogens (tertiary/aromatic N) is 5. The zero-order valence-corrected chi connectivity index (χ0v) is 29.9. The van der Waals surface area contributed by atoms with Crippen molar-refractivity contribution in [3.05, 3.63) is 168 Å². The van der Waals surface area contributed by atoms with Crippen molar-refractivity contribution in [3.8, 4) is 11.1 Å². The summed E-state index contributed by atoms with van der Waals surface area (Å²) in [5.74, 6) is 2.87. The van der Waals surface area contributed by atoms with Crippen LogP contribution in [0, 0.1) is 0 Å². The molecule has 0 fully saturated rings. The maximum atomic E-state index is 4.85. The smallest absolute Gasteiger partial charge is 0.178 e. The fourth-order valence-corrected chi connectivity index (χ4v) is 8.84. The lowest BCUT2D eigenvalue weighted by molar-refractivity contribution is 0.587. The van der Waals surface area contributed by atoms with E-state index in [4.69, 9.17) is 9.97 Å². The molecule has 0 radical (unpaired) electrons. The van der Waals surface area contributed by atoms with E-state index in [9.17, 15) is 0 Å². The van der Waals surface area contributed by atoms with E-state index in [1.807, 2.05) is 0 Å². The fraction of sp³-hybridized carbons (Fsp3) is 0.174.